The number of amides is 3. The van der Waals surface area contributed by atoms with Crippen molar-refractivity contribution in [2.45, 2.75) is 83.5 Å². The molecule has 16 nitrogen and oxygen atoms in total. The molecule has 1 aliphatic carbocycles. The van der Waals surface area contributed by atoms with E-state index >= 15 is 4.39 Å². The number of hydrogen-bond acceptors (Lipinski definition) is 10. The first-order valence-corrected chi connectivity index (χ1v) is 25.7. The van der Waals surface area contributed by atoms with E-state index in [1.807, 2.05) is 47.7 Å². The van der Waals surface area contributed by atoms with Crippen LogP contribution in [0, 0.1) is 18.7 Å². The molecule has 2 atom stereocenters. The zero-order chi connectivity index (χ0) is 49.9. The minimum Gasteiger partial charge on any atom is -0.388 e. The lowest BCUT2D eigenvalue weighted by atomic mass is 9.92. The van der Waals surface area contributed by atoms with Crippen molar-refractivity contribution >= 4 is 51.0 Å². The number of pyridine rings is 2. The number of likely N-dealkylation sites (tertiary alicyclic amines) is 1. The second-order valence-corrected chi connectivity index (χ2v) is 20.7. The predicted octanol–water partition coefficient (Wildman–Crippen LogP) is 6.16. The molecule has 17 heteroatoms. The molecule has 11 rings (SSSR count). The number of aryl methyl sites for hydroxylation is 2. The van der Waals surface area contributed by atoms with Gasteiger partial charge in [-0.05, 0) is 117 Å². The summed E-state index contributed by atoms with van der Waals surface area (Å²) in [6.07, 6.45) is 10.6. The number of carbonyl (C=O) groups excluding carboxylic acids is 3. The Labute approximate surface area is 417 Å². The van der Waals surface area contributed by atoms with Crippen LogP contribution in [-0.2, 0) is 23.2 Å². The van der Waals surface area contributed by atoms with Crippen molar-refractivity contribution in [2.24, 2.45) is 13.0 Å². The van der Waals surface area contributed by atoms with Crippen LogP contribution in [-0.4, -0.2) is 127 Å². The molecule has 4 aliphatic heterocycles. The Morgan fingerprint density at radius 2 is 1.64 bits per heavy atom. The first-order chi connectivity index (χ1) is 34.8. The smallest absolute Gasteiger partial charge is 0.330 e. The van der Waals surface area contributed by atoms with Gasteiger partial charge in [-0.2, -0.15) is 0 Å². The minimum atomic E-state index is -0.686. The number of halogens is 1. The number of hydrogen-bond donors (Lipinski definition) is 2. The highest BCUT2D eigenvalue weighted by molar-refractivity contribution is 6.00. The number of benzene rings is 2. The van der Waals surface area contributed by atoms with Crippen LogP contribution in [0.2, 0.25) is 0 Å². The average molecular weight is 978 g/mol. The van der Waals surface area contributed by atoms with E-state index in [4.69, 9.17) is 0 Å². The van der Waals surface area contributed by atoms with E-state index in [0.717, 1.165) is 127 Å². The van der Waals surface area contributed by atoms with E-state index in [-0.39, 0.29) is 47.4 Å². The second kappa shape index (κ2) is 19.4. The fourth-order valence-electron chi connectivity index (χ4n) is 12.0. The number of nitrogens with zero attached hydrogens (tertiary/aromatic N) is 9. The first kappa shape index (κ1) is 47.6. The zero-order valence-electron chi connectivity index (χ0n) is 41.7. The van der Waals surface area contributed by atoms with E-state index in [1.165, 1.54) is 6.07 Å². The SMILES string of the molecule is CNc1ccn(-c2ccnc3c2cc([C@H](C)N2CC=C(c4c(C)cc(C(=O)N5CCC(CN6CCN(Cc7ccc8c(c7)n(C7CC7)c(=O)n8C7CCC(=O)NC7=O)CC6)CC5)cc4F)CC2)n3C)c(=O)c1. The van der Waals surface area contributed by atoms with Gasteiger partial charge in [0.05, 0.1) is 16.7 Å². The summed E-state index contributed by atoms with van der Waals surface area (Å²) < 4.78 is 23.3. The van der Waals surface area contributed by atoms with E-state index in [9.17, 15) is 24.0 Å². The Bertz CT molecular complexity index is 3250. The highest BCUT2D eigenvalue weighted by Gasteiger charge is 2.36. The van der Waals surface area contributed by atoms with Gasteiger partial charge in [-0.3, -0.25) is 48.0 Å². The van der Waals surface area contributed by atoms with Crippen LogP contribution in [0.15, 0.2) is 82.7 Å². The molecule has 2 aromatic carbocycles. The summed E-state index contributed by atoms with van der Waals surface area (Å²) in [6, 6.07) is 16.4. The van der Waals surface area contributed by atoms with Gasteiger partial charge in [0.15, 0.2) is 0 Å². The quantitative estimate of drug-likeness (QED) is 0.136. The average Bonchev–Trinajstić information content (AvgIpc) is 4.10. The molecule has 1 unspecified atom stereocenters. The number of imide groups is 1. The van der Waals surface area contributed by atoms with E-state index in [0.29, 0.717) is 49.5 Å². The van der Waals surface area contributed by atoms with Crippen LogP contribution in [0.25, 0.3) is 33.3 Å². The Balaban J connectivity index is 0.670. The normalized spacial score (nSPS) is 20.3. The first-order valence-electron chi connectivity index (χ1n) is 25.7. The van der Waals surface area contributed by atoms with Crippen molar-refractivity contribution < 1.29 is 18.8 Å². The highest BCUT2D eigenvalue weighted by Crippen LogP contribution is 2.38. The highest BCUT2D eigenvalue weighted by atomic mass is 19.1. The molecule has 1 saturated carbocycles. The van der Waals surface area contributed by atoms with Crippen LogP contribution < -0.4 is 21.9 Å². The Morgan fingerprint density at radius 3 is 2.33 bits per heavy atom. The van der Waals surface area contributed by atoms with E-state index in [1.54, 1.807) is 34.6 Å². The molecule has 4 aromatic heterocycles. The number of nitrogens with one attached hydrogen (secondary N) is 2. The fourth-order valence-corrected chi connectivity index (χ4v) is 12.0. The zero-order valence-corrected chi connectivity index (χ0v) is 41.7. The van der Waals surface area contributed by atoms with Crippen molar-refractivity contribution in [1.29, 1.82) is 0 Å². The van der Waals surface area contributed by atoms with Crippen LogP contribution >= 0.6 is 0 Å². The van der Waals surface area contributed by atoms with Crippen molar-refractivity contribution in [2.75, 3.05) is 71.3 Å². The standard InChI is InChI=1S/C55H64FN11O5/c1-34-27-39(29-43(56)51(34)38-14-20-63(21-15-38)35(2)47-31-42-44(11-17-58-52(42)60(47)4)65-22-16-40(57-3)30-50(65)69)54(71)64-18-12-36(13-19-64)32-61-23-25-62(26-24-61)33-37-5-8-45-48(28-37)66(41-6-7-41)55(72)67(45)46-9-10-49(68)59-53(46)70/h5,8,11,14,16-17,22,27-31,35-36,41,46,57H,6-7,9-10,12-13,15,18-21,23-26,32-33H2,1-4H3,(H,59,68,70)/t35-,46?/m0/s1. The third-order valence-electron chi connectivity index (χ3n) is 16.2. The summed E-state index contributed by atoms with van der Waals surface area (Å²) in [4.78, 5) is 79.2. The largest absolute Gasteiger partial charge is 0.388 e. The summed E-state index contributed by atoms with van der Waals surface area (Å²) in [6.45, 7) is 12.3. The molecule has 0 spiro atoms. The number of imidazole rings is 1. The molecule has 3 amide bonds. The summed E-state index contributed by atoms with van der Waals surface area (Å²) in [5.74, 6) is -0.681. The third-order valence-corrected chi connectivity index (χ3v) is 16.2. The van der Waals surface area contributed by atoms with Gasteiger partial charge < -0.3 is 19.7 Å². The van der Waals surface area contributed by atoms with Crippen LogP contribution in [0.3, 0.4) is 0 Å². The van der Waals surface area contributed by atoms with Crippen molar-refractivity contribution in [3.05, 3.63) is 128 Å². The van der Waals surface area contributed by atoms with E-state index < -0.39 is 11.9 Å². The van der Waals surface area contributed by atoms with Gasteiger partial charge >= 0.3 is 5.69 Å². The van der Waals surface area contributed by atoms with Crippen molar-refractivity contribution in [1.82, 2.24) is 48.2 Å². The monoisotopic (exact) mass is 978 g/mol. The van der Waals surface area contributed by atoms with E-state index in [2.05, 4.69) is 66.1 Å². The van der Waals surface area contributed by atoms with Gasteiger partial charge in [0.2, 0.25) is 11.8 Å². The molecule has 0 bridgehead atoms. The maximum absolute atomic E-state index is 16.1. The van der Waals surface area contributed by atoms with Crippen molar-refractivity contribution in [3.8, 4) is 5.69 Å². The number of rotatable bonds is 12. The molecule has 376 valence electrons. The molecular formula is C55H64FN11O5. The topological polar surface area (TPSA) is 155 Å². The molecule has 3 saturated heterocycles. The predicted molar refractivity (Wildman–Crippen MR) is 276 cm³/mol. The number of piperazine rings is 1. The molecule has 2 N–H and O–H groups in total. The van der Waals surface area contributed by atoms with Crippen LogP contribution in [0.1, 0.15) is 103 Å². The summed E-state index contributed by atoms with van der Waals surface area (Å²) in [5.41, 5.74) is 8.57. The van der Waals surface area contributed by atoms with Gasteiger partial charge in [0.1, 0.15) is 17.5 Å². The van der Waals surface area contributed by atoms with Gasteiger partial charge in [0, 0.05) is 144 Å². The molecule has 72 heavy (non-hydrogen) atoms. The fraction of sp³-hybridized carbons (Fsp3) is 0.455. The minimum absolute atomic E-state index is 0.0320. The number of carbonyl (C=O) groups is 3. The van der Waals surface area contributed by atoms with Crippen LogP contribution in [0.5, 0.6) is 0 Å². The molecule has 6 aromatic rings. The Hall–Kier alpha value is -6.69. The maximum Gasteiger partial charge on any atom is 0.330 e. The summed E-state index contributed by atoms with van der Waals surface area (Å²) in [5, 5.41) is 6.33. The second-order valence-electron chi connectivity index (χ2n) is 20.7. The number of fused-ring (bicyclic) bond motifs is 2. The Kier molecular flexibility index (Phi) is 12.8. The molecule has 0 radical (unpaired) electrons. The van der Waals surface area contributed by atoms with Gasteiger partial charge in [-0.25, -0.2) is 14.2 Å². The van der Waals surface area contributed by atoms with Crippen molar-refractivity contribution in [3.63, 3.8) is 0 Å². The molecular weight excluding hydrogens is 914 g/mol. The summed E-state index contributed by atoms with van der Waals surface area (Å²) >= 11 is 0. The molecule has 5 aliphatic rings. The lowest BCUT2D eigenvalue weighted by Crippen LogP contribution is -2.48. The number of anilines is 1. The summed E-state index contributed by atoms with van der Waals surface area (Å²) in [7, 11) is 3.80. The maximum atomic E-state index is 16.1. The van der Waals surface area contributed by atoms with Gasteiger partial charge in [-0.1, -0.05) is 12.1 Å². The number of piperidine rings is 2. The van der Waals surface area contributed by atoms with Gasteiger partial charge in [0.25, 0.3) is 11.5 Å². The molecule has 8 heterocycles. The lowest BCUT2D eigenvalue weighted by molar-refractivity contribution is -0.135. The third kappa shape index (κ3) is 8.99. The van der Waals surface area contributed by atoms with Crippen LogP contribution in [0.4, 0.5) is 10.1 Å². The Morgan fingerprint density at radius 1 is 0.861 bits per heavy atom. The number of aromatic nitrogens is 5. The lowest BCUT2D eigenvalue weighted by Gasteiger charge is -2.39. The van der Waals surface area contributed by atoms with Gasteiger partial charge in [-0.15, -0.1) is 0 Å². The molecule has 4 fully saturated rings.